The first kappa shape index (κ1) is 18.3. The lowest BCUT2D eigenvalue weighted by molar-refractivity contribution is 0.0950. The van der Waals surface area contributed by atoms with Gasteiger partial charge in [-0.2, -0.15) is 0 Å². The third-order valence-electron chi connectivity index (χ3n) is 3.82. The first-order chi connectivity index (χ1) is 13.0. The molecule has 0 unspecified atom stereocenters. The number of carbonyl (C=O) groups excluding carboxylic acids is 1. The van der Waals surface area contributed by atoms with Crippen molar-refractivity contribution in [3.05, 3.63) is 83.7 Å². The zero-order valence-electron chi connectivity index (χ0n) is 14.5. The van der Waals surface area contributed by atoms with E-state index in [4.69, 9.17) is 4.74 Å². The molecule has 0 aliphatic heterocycles. The molecule has 3 rings (SSSR count). The van der Waals surface area contributed by atoms with Gasteiger partial charge in [0.25, 0.3) is 5.91 Å². The summed E-state index contributed by atoms with van der Waals surface area (Å²) in [4.78, 5) is 16.3. The maximum atomic E-state index is 13.7. The maximum Gasteiger partial charge on any atom is 0.253 e. The van der Waals surface area contributed by atoms with Crippen molar-refractivity contribution in [2.24, 2.45) is 0 Å². The van der Waals surface area contributed by atoms with Crippen LogP contribution in [0.15, 0.2) is 60.9 Å². The fourth-order valence-corrected chi connectivity index (χ4v) is 2.41. The van der Waals surface area contributed by atoms with E-state index in [2.05, 4.69) is 15.6 Å². The number of hydrogen-bond donors (Lipinski definition) is 2. The van der Waals surface area contributed by atoms with Gasteiger partial charge in [0.2, 0.25) is 0 Å². The van der Waals surface area contributed by atoms with E-state index in [0.717, 1.165) is 23.4 Å². The van der Waals surface area contributed by atoms with Crippen LogP contribution in [-0.2, 0) is 6.54 Å². The molecule has 0 radical (unpaired) electrons. The summed E-state index contributed by atoms with van der Waals surface area (Å²) in [6.45, 7) is 0.340. The Labute approximate surface area is 155 Å². The molecule has 2 N–H and O–H groups in total. The molecule has 1 heterocycles. The Bertz CT molecular complexity index is 946. The topological polar surface area (TPSA) is 63.2 Å². The molecular formula is C20H17F2N3O2. The zero-order valence-corrected chi connectivity index (χ0v) is 14.5. The summed E-state index contributed by atoms with van der Waals surface area (Å²) in [5.41, 5.74) is 1.74. The van der Waals surface area contributed by atoms with Crippen molar-refractivity contribution < 1.29 is 18.3 Å². The number of nitrogens with one attached hydrogen (secondary N) is 2. The molecule has 1 aromatic heterocycles. The van der Waals surface area contributed by atoms with Crippen LogP contribution in [0.4, 0.5) is 20.2 Å². The Morgan fingerprint density at radius 3 is 2.56 bits per heavy atom. The molecule has 0 saturated carbocycles. The molecule has 0 aliphatic rings. The van der Waals surface area contributed by atoms with Crippen LogP contribution in [0.3, 0.4) is 0 Å². The molecule has 2 aromatic carbocycles. The summed E-state index contributed by atoms with van der Waals surface area (Å²) >= 11 is 0. The predicted molar refractivity (Wildman–Crippen MR) is 98.0 cm³/mol. The largest absolute Gasteiger partial charge is 0.497 e. The molecule has 0 atom stereocenters. The van der Waals surface area contributed by atoms with Gasteiger partial charge in [-0.25, -0.2) is 8.78 Å². The van der Waals surface area contributed by atoms with Gasteiger partial charge in [0.15, 0.2) is 0 Å². The van der Waals surface area contributed by atoms with Gasteiger partial charge in [0.05, 0.1) is 30.2 Å². The number of ether oxygens (including phenoxy) is 1. The normalized spacial score (nSPS) is 10.3. The summed E-state index contributed by atoms with van der Waals surface area (Å²) in [5.74, 6) is -0.977. The highest BCUT2D eigenvalue weighted by Gasteiger charge is 2.09. The molecule has 27 heavy (non-hydrogen) atoms. The van der Waals surface area contributed by atoms with Crippen LogP contribution < -0.4 is 15.4 Å². The van der Waals surface area contributed by atoms with Crippen molar-refractivity contribution >= 4 is 17.3 Å². The second-order valence-corrected chi connectivity index (χ2v) is 5.74. The number of carbonyl (C=O) groups is 1. The van der Waals surface area contributed by atoms with Crippen molar-refractivity contribution in [2.75, 3.05) is 12.4 Å². The first-order valence-corrected chi connectivity index (χ1v) is 8.13. The third-order valence-corrected chi connectivity index (χ3v) is 3.82. The van der Waals surface area contributed by atoms with Crippen molar-refractivity contribution in [2.45, 2.75) is 6.54 Å². The molecule has 0 aliphatic carbocycles. The average Bonchev–Trinajstić information content (AvgIpc) is 2.69. The Balaban J connectivity index is 1.65. The van der Waals surface area contributed by atoms with E-state index in [1.54, 1.807) is 13.2 Å². The molecular weight excluding hydrogens is 352 g/mol. The monoisotopic (exact) mass is 369 g/mol. The number of halogens is 2. The zero-order chi connectivity index (χ0) is 19.2. The summed E-state index contributed by atoms with van der Waals surface area (Å²) in [6, 6.07) is 12.1. The van der Waals surface area contributed by atoms with Crippen molar-refractivity contribution in [1.82, 2.24) is 10.3 Å². The Morgan fingerprint density at radius 2 is 1.85 bits per heavy atom. The van der Waals surface area contributed by atoms with Gasteiger partial charge in [-0.3, -0.25) is 9.78 Å². The minimum Gasteiger partial charge on any atom is -0.497 e. The fraction of sp³-hybridized carbons (Fsp3) is 0.100. The predicted octanol–water partition coefficient (Wildman–Crippen LogP) is 4.04. The third kappa shape index (κ3) is 4.78. The molecule has 7 heteroatoms. The molecule has 0 fully saturated rings. The van der Waals surface area contributed by atoms with Crippen molar-refractivity contribution in [3.63, 3.8) is 0 Å². The van der Waals surface area contributed by atoms with E-state index in [0.29, 0.717) is 17.8 Å². The van der Waals surface area contributed by atoms with Gasteiger partial charge >= 0.3 is 0 Å². The van der Waals surface area contributed by atoms with E-state index in [9.17, 15) is 13.6 Å². The van der Waals surface area contributed by atoms with Crippen LogP contribution in [0.5, 0.6) is 5.75 Å². The van der Waals surface area contributed by atoms with E-state index in [1.807, 2.05) is 24.3 Å². The highest BCUT2D eigenvalue weighted by molar-refractivity contribution is 5.94. The Hall–Kier alpha value is -3.48. The molecule has 0 spiro atoms. The minimum atomic E-state index is -0.732. The van der Waals surface area contributed by atoms with E-state index < -0.39 is 11.6 Å². The van der Waals surface area contributed by atoms with Gasteiger partial charge in [-0.1, -0.05) is 12.1 Å². The second-order valence-electron chi connectivity index (χ2n) is 5.74. The standard InChI is InChI=1S/C20H17F2N3O2/c1-27-17-5-2-13(3-6-17)10-24-20(26)14-8-16(12-23-11-14)25-19-7-4-15(21)9-18(19)22/h2-9,11-12,25H,10H2,1H3,(H,24,26). The van der Waals surface area contributed by atoms with Crippen molar-refractivity contribution in [1.29, 1.82) is 0 Å². The summed E-state index contributed by atoms with van der Waals surface area (Å²) < 4.78 is 31.8. The molecule has 5 nitrogen and oxygen atoms in total. The molecule has 138 valence electrons. The SMILES string of the molecule is COc1ccc(CNC(=O)c2cncc(Nc3ccc(F)cc3F)c2)cc1. The van der Waals surface area contributed by atoms with E-state index in [1.165, 1.54) is 18.5 Å². The molecule has 3 aromatic rings. The van der Waals surface area contributed by atoms with E-state index >= 15 is 0 Å². The minimum absolute atomic E-state index is 0.0917. The number of benzene rings is 2. The van der Waals surface area contributed by atoms with Gasteiger partial charge in [0.1, 0.15) is 17.4 Å². The lowest BCUT2D eigenvalue weighted by Crippen LogP contribution is -2.23. The Morgan fingerprint density at radius 1 is 1.07 bits per heavy atom. The van der Waals surface area contributed by atoms with Crippen LogP contribution in [0.1, 0.15) is 15.9 Å². The maximum absolute atomic E-state index is 13.7. The van der Waals surface area contributed by atoms with Gasteiger partial charge in [-0.05, 0) is 35.9 Å². The quantitative estimate of drug-likeness (QED) is 0.688. The number of amides is 1. The summed E-state index contributed by atoms with van der Waals surface area (Å²) in [6.07, 6.45) is 2.86. The average molecular weight is 369 g/mol. The lowest BCUT2D eigenvalue weighted by atomic mass is 10.2. The van der Waals surface area contributed by atoms with Crippen LogP contribution in [-0.4, -0.2) is 18.0 Å². The van der Waals surface area contributed by atoms with Crippen LogP contribution in [0, 0.1) is 11.6 Å². The summed E-state index contributed by atoms with van der Waals surface area (Å²) in [7, 11) is 1.59. The smallest absolute Gasteiger partial charge is 0.253 e. The van der Waals surface area contributed by atoms with E-state index in [-0.39, 0.29) is 11.6 Å². The second kappa shape index (κ2) is 8.27. The fourth-order valence-electron chi connectivity index (χ4n) is 2.41. The molecule has 0 bridgehead atoms. The number of methoxy groups -OCH3 is 1. The Kier molecular flexibility index (Phi) is 5.61. The highest BCUT2D eigenvalue weighted by atomic mass is 19.1. The number of hydrogen-bond acceptors (Lipinski definition) is 4. The number of aromatic nitrogens is 1. The van der Waals surface area contributed by atoms with Gasteiger partial charge < -0.3 is 15.4 Å². The highest BCUT2D eigenvalue weighted by Crippen LogP contribution is 2.21. The van der Waals surface area contributed by atoms with Crippen LogP contribution in [0.2, 0.25) is 0 Å². The van der Waals surface area contributed by atoms with Crippen LogP contribution in [0.25, 0.3) is 0 Å². The van der Waals surface area contributed by atoms with Crippen molar-refractivity contribution in [3.8, 4) is 5.75 Å². The van der Waals surface area contributed by atoms with Crippen LogP contribution >= 0.6 is 0 Å². The molecule has 1 amide bonds. The van der Waals surface area contributed by atoms with Gasteiger partial charge in [-0.15, -0.1) is 0 Å². The molecule has 0 saturated heterocycles. The lowest BCUT2D eigenvalue weighted by Gasteiger charge is -2.10. The van der Waals surface area contributed by atoms with Gasteiger partial charge in [0, 0.05) is 18.8 Å². The summed E-state index contributed by atoms with van der Waals surface area (Å²) in [5, 5.41) is 5.57. The first-order valence-electron chi connectivity index (χ1n) is 8.13. The number of pyridine rings is 1. The number of rotatable bonds is 6. The number of nitrogens with zero attached hydrogens (tertiary/aromatic N) is 1. The number of anilines is 2.